The largest absolute Gasteiger partial charge is 0.338 e. The van der Waals surface area contributed by atoms with Crippen molar-refractivity contribution in [2.45, 2.75) is 37.3 Å². The number of rotatable bonds is 4. The van der Waals surface area contributed by atoms with Crippen molar-refractivity contribution in [3.8, 4) is 0 Å². The van der Waals surface area contributed by atoms with Gasteiger partial charge in [0.1, 0.15) is 0 Å². The summed E-state index contributed by atoms with van der Waals surface area (Å²) < 4.78 is 0. The van der Waals surface area contributed by atoms with Gasteiger partial charge in [-0.3, -0.25) is 9.59 Å². The van der Waals surface area contributed by atoms with Crippen LogP contribution in [0.25, 0.3) is 0 Å². The molecule has 0 spiro atoms. The second-order valence-corrected chi connectivity index (χ2v) is 7.28. The highest BCUT2D eigenvalue weighted by atomic mass is 32.2. The number of hydrogen-bond donors (Lipinski definition) is 0. The van der Waals surface area contributed by atoms with Crippen LogP contribution in [0.15, 0.2) is 0 Å². The van der Waals surface area contributed by atoms with Gasteiger partial charge in [0.05, 0.1) is 10.5 Å². The summed E-state index contributed by atoms with van der Waals surface area (Å²) in [5.74, 6) is 0.370. The van der Waals surface area contributed by atoms with Crippen molar-refractivity contribution < 1.29 is 9.59 Å². The highest BCUT2D eigenvalue weighted by Gasteiger charge is 2.32. The van der Waals surface area contributed by atoms with Crippen LogP contribution in [0.5, 0.6) is 0 Å². The van der Waals surface area contributed by atoms with Gasteiger partial charge in [0, 0.05) is 25.7 Å². The second kappa shape index (κ2) is 7.43. The van der Waals surface area contributed by atoms with Crippen LogP contribution in [0.3, 0.4) is 0 Å². The number of thioether (sulfide) groups is 2. The van der Waals surface area contributed by atoms with Crippen molar-refractivity contribution in [1.29, 1.82) is 0 Å². The molecule has 110 valence electrons. The lowest BCUT2D eigenvalue weighted by molar-refractivity contribution is -0.141. The van der Waals surface area contributed by atoms with E-state index in [1.807, 2.05) is 43.1 Å². The molecular formula is C13H24N2O2S2. The summed E-state index contributed by atoms with van der Waals surface area (Å²) in [6.07, 6.45) is 3.90. The summed E-state index contributed by atoms with van der Waals surface area (Å²) >= 11 is 3.14. The minimum atomic E-state index is -0.00479. The zero-order valence-electron chi connectivity index (χ0n) is 12.4. The molecule has 1 aliphatic heterocycles. The molecule has 0 aromatic heterocycles. The molecule has 1 heterocycles. The molecule has 0 aromatic rings. The van der Waals surface area contributed by atoms with Gasteiger partial charge in [-0.2, -0.15) is 23.5 Å². The highest BCUT2D eigenvalue weighted by Crippen LogP contribution is 2.18. The Balaban J connectivity index is 2.61. The van der Waals surface area contributed by atoms with Crippen LogP contribution in [-0.4, -0.2) is 70.3 Å². The van der Waals surface area contributed by atoms with Crippen molar-refractivity contribution in [1.82, 2.24) is 9.80 Å². The van der Waals surface area contributed by atoms with Crippen molar-refractivity contribution in [3.05, 3.63) is 0 Å². The SMILES string of the molecule is CS[C@H](C)C(=O)N1CCN(C(=O)[C@@H](C)SC)[C@@H](C)C1. The van der Waals surface area contributed by atoms with E-state index >= 15 is 0 Å². The molecule has 0 bridgehead atoms. The van der Waals surface area contributed by atoms with E-state index in [-0.39, 0.29) is 28.4 Å². The molecule has 1 saturated heterocycles. The van der Waals surface area contributed by atoms with Gasteiger partial charge in [-0.15, -0.1) is 0 Å². The lowest BCUT2D eigenvalue weighted by Gasteiger charge is -2.41. The molecule has 1 fully saturated rings. The molecule has 1 aliphatic rings. The van der Waals surface area contributed by atoms with Crippen molar-refractivity contribution in [2.75, 3.05) is 32.1 Å². The number of carbonyl (C=O) groups is 2. The molecule has 1 rings (SSSR count). The smallest absolute Gasteiger partial charge is 0.235 e. The molecule has 6 heteroatoms. The van der Waals surface area contributed by atoms with Crippen molar-refractivity contribution in [3.63, 3.8) is 0 Å². The fourth-order valence-electron chi connectivity index (χ4n) is 2.18. The van der Waals surface area contributed by atoms with Crippen LogP contribution >= 0.6 is 23.5 Å². The maximum Gasteiger partial charge on any atom is 0.235 e. The minimum Gasteiger partial charge on any atom is -0.338 e. The molecule has 2 amide bonds. The van der Waals surface area contributed by atoms with Crippen LogP contribution in [0.4, 0.5) is 0 Å². The average Bonchev–Trinajstić information content (AvgIpc) is 2.43. The van der Waals surface area contributed by atoms with Crippen molar-refractivity contribution in [2.24, 2.45) is 0 Å². The fraction of sp³-hybridized carbons (Fsp3) is 0.846. The average molecular weight is 304 g/mol. The van der Waals surface area contributed by atoms with E-state index in [1.165, 1.54) is 0 Å². The molecule has 0 aromatic carbocycles. The molecule has 19 heavy (non-hydrogen) atoms. The topological polar surface area (TPSA) is 40.6 Å². The van der Waals surface area contributed by atoms with Crippen LogP contribution < -0.4 is 0 Å². The van der Waals surface area contributed by atoms with Crippen LogP contribution in [-0.2, 0) is 9.59 Å². The first-order valence-electron chi connectivity index (χ1n) is 6.57. The third-order valence-corrected chi connectivity index (χ3v) is 5.44. The van der Waals surface area contributed by atoms with Crippen LogP contribution in [0.2, 0.25) is 0 Å². The number of piperazine rings is 1. The van der Waals surface area contributed by atoms with Crippen LogP contribution in [0.1, 0.15) is 20.8 Å². The normalized spacial score (nSPS) is 23.1. The molecule has 3 atom stereocenters. The van der Waals surface area contributed by atoms with Gasteiger partial charge in [-0.05, 0) is 33.3 Å². The highest BCUT2D eigenvalue weighted by molar-refractivity contribution is 8.00. The van der Waals surface area contributed by atoms with E-state index in [9.17, 15) is 9.59 Å². The Morgan fingerprint density at radius 1 is 1.05 bits per heavy atom. The molecule has 0 N–H and O–H groups in total. The Bertz CT molecular complexity index is 339. The lowest BCUT2D eigenvalue weighted by atomic mass is 10.1. The fourth-order valence-corrected chi connectivity index (χ4v) is 2.87. The lowest BCUT2D eigenvalue weighted by Crippen LogP contribution is -2.57. The van der Waals surface area contributed by atoms with Gasteiger partial charge in [0.2, 0.25) is 11.8 Å². The van der Waals surface area contributed by atoms with E-state index in [0.29, 0.717) is 19.6 Å². The third kappa shape index (κ3) is 4.05. The Kier molecular flexibility index (Phi) is 6.53. The quantitative estimate of drug-likeness (QED) is 0.790. The summed E-state index contributed by atoms with van der Waals surface area (Å²) in [4.78, 5) is 28.1. The molecule has 0 aliphatic carbocycles. The van der Waals surface area contributed by atoms with Gasteiger partial charge in [0.25, 0.3) is 0 Å². The predicted molar refractivity (Wildman–Crippen MR) is 83.7 cm³/mol. The van der Waals surface area contributed by atoms with Gasteiger partial charge < -0.3 is 9.80 Å². The van der Waals surface area contributed by atoms with E-state index in [2.05, 4.69) is 0 Å². The van der Waals surface area contributed by atoms with Gasteiger partial charge in [-0.1, -0.05) is 0 Å². The maximum atomic E-state index is 12.2. The second-order valence-electron chi connectivity index (χ2n) is 4.92. The monoisotopic (exact) mass is 304 g/mol. The molecule has 4 nitrogen and oxygen atoms in total. The van der Waals surface area contributed by atoms with E-state index < -0.39 is 0 Å². The number of hydrogen-bond acceptors (Lipinski definition) is 4. The number of nitrogens with zero attached hydrogens (tertiary/aromatic N) is 2. The first kappa shape index (κ1) is 16.7. The molecule has 0 unspecified atom stereocenters. The summed E-state index contributed by atoms with van der Waals surface area (Å²) in [6, 6.07) is 0.105. The summed E-state index contributed by atoms with van der Waals surface area (Å²) in [5.41, 5.74) is 0. The Morgan fingerprint density at radius 3 is 2.05 bits per heavy atom. The first-order chi connectivity index (χ1) is 8.92. The van der Waals surface area contributed by atoms with Crippen molar-refractivity contribution >= 4 is 35.3 Å². The Morgan fingerprint density at radius 2 is 1.58 bits per heavy atom. The van der Waals surface area contributed by atoms with E-state index in [1.54, 1.807) is 23.5 Å². The first-order valence-corrected chi connectivity index (χ1v) is 9.14. The number of carbonyl (C=O) groups excluding carboxylic acids is 2. The van der Waals surface area contributed by atoms with Gasteiger partial charge in [-0.25, -0.2) is 0 Å². The minimum absolute atomic E-state index is 0.000396. The summed E-state index contributed by atoms with van der Waals surface area (Å²) in [7, 11) is 0. The maximum absolute atomic E-state index is 12.2. The Labute approximate surface area is 124 Å². The molecule has 0 radical (unpaired) electrons. The molecule has 0 saturated carbocycles. The zero-order valence-corrected chi connectivity index (χ0v) is 14.0. The Hall–Kier alpha value is -0.360. The van der Waals surface area contributed by atoms with Gasteiger partial charge in [0.15, 0.2) is 0 Å². The zero-order chi connectivity index (χ0) is 14.6. The van der Waals surface area contributed by atoms with Gasteiger partial charge >= 0.3 is 0 Å². The molecular weight excluding hydrogens is 280 g/mol. The number of amides is 2. The summed E-state index contributed by atoms with van der Waals surface area (Å²) in [6.45, 7) is 7.85. The third-order valence-electron chi connectivity index (χ3n) is 3.62. The predicted octanol–water partition coefficient (Wildman–Crippen LogP) is 1.55. The summed E-state index contributed by atoms with van der Waals surface area (Å²) in [5, 5.41) is -0.00519. The standard InChI is InChI=1S/C13H24N2O2S2/c1-9-8-14(12(16)10(2)18-4)6-7-15(9)13(17)11(3)19-5/h9-11H,6-8H2,1-5H3/t9-,10+,11+/m0/s1. The van der Waals surface area contributed by atoms with E-state index in [4.69, 9.17) is 0 Å². The van der Waals surface area contributed by atoms with E-state index in [0.717, 1.165) is 0 Å². The van der Waals surface area contributed by atoms with Crippen LogP contribution in [0, 0.1) is 0 Å².